The molecule has 0 saturated carbocycles. The van der Waals surface area contributed by atoms with Crippen molar-refractivity contribution in [3.8, 4) is 22.9 Å². The van der Waals surface area contributed by atoms with Crippen LogP contribution in [0, 0.1) is 6.92 Å². The molecule has 2 N–H and O–H groups in total. The largest absolute Gasteiger partial charge is 0.457 e. The Morgan fingerprint density at radius 3 is 2.12 bits per heavy atom. The number of nitrogens with zero attached hydrogens (tertiary/aromatic N) is 5. The molecule has 1 aliphatic heterocycles. The number of benzene rings is 5. The van der Waals surface area contributed by atoms with Gasteiger partial charge in [-0.25, -0.2) is 9.36 Å². The average Bonchev–Trinajstić information content (AvgIpc) is 3.83. The Morgan fingerprint density at radius 1 is 0.682 bits per heavy atom. The predicted octanol–water partition coefficient (Wildman–Crippen LogP) is 8.88. The van der Waals surface area contributed by atoms with E-state index in [9.17, 15) is 19.2 Å². The number of nitrogens with one attached hydrogen (secondary N) is 2. The predicted molar refractivity (Wildman–Crippen MR) is 259 cm³/mol. The maximum absolute atomic E-state index is 13.3. The number of morpholine rings is 1. The summed E-state index contributed by atoms with van der Waals surface area (Å²) in [7, 11) is 0. The lowest BCUT2D eigenvalue weighted by Gasteiger charge is -2.35. The molecular weight excluding hydrogens is 878 g/mol. The molecule has 0 aliphatic carbocycles. The molecule has 0 bridgehead atoms. The molecule has 1 fully saturated rings. The molecule has 1 aliphatic rings. The van der Waals surface area contributed by atoms with Crippen LogP contribution in [-0.2, 0) is 17.8 Å². The first-order chi connectivity index (χ1) is 32.1. The summed E-state index contributed by atoms with van der Waals surface area (Å²) in [5.41, 5.74) is 4.08. The van der Waals surface area contributed by atoms with Crippen molar-refractivity contribution >= 4 is 45.0 Å². The lowest BCUT2D eigenvalue weighted by atomic mass is 10.0. The molecule has 9 aromatic rings. The molecule has 0 amide bonds. The van der Waals surface area contributed by atoms with Crippen molar-refractivity contribution in [3.05, 3.63) is 220 Å². The third kappa shape index (κ3) is 9.46. The first kappa shape index (κ1) is 44.1. The third-order valence-corrected chi connectivity index (χ3v) is 12.3. The molecule has 1 saturated heterocycles. The van der Waals surface area contributed by atoms with E-state index in [1.807, 2.05) is 79.7 Å². The van der Waals surface area contributed by atoms with Crippen molar-refractivity contribution in [2.45, 2.75) is 32.5 Å². The molecule has 4 aromatic heterocycles. The zero-order chi connectivity index (χ0) is 45.7. The minimum absolute atomic E-state index is 0.127. The monoisotopic (exact) mass is 921 g/mol. The number of hydrogen-bond donors (Lipinski definition) is 2. The van der Waals surface area contributed by atoms with E-state index >= 15 is 0 Å². The van der Waals surface area contributed by atoms with Gasteiger partial charge >= 0.3 is 0 Å². The lowest BCUT2D eigenvalue weighted by molar-refractivity contribution is 0.0132. The van der Waals surface area contributed by atoms with Gasteiger partial charge in [-0.2, -0.15) is 0 Å². The molecule has 66 heavy (non-hydrogen) atoms. The number of ether oxygens (including phenoxy) is 2. The molecule has 1 atom stereocenters. The highest BCUT2D eigenvalue weighted by atomic mass is 35.5. The van der Waals surface area contributed by atoms with Crippen LogP contribution >= 0.6 is 23.2 Å². The van der Waals surface area contributed by atoms with Crippen LogP contribution in [0.4, 0.5) is 0 Å². The fourth-order valence-corrected chi connectivity index (χ4v) is 8.85. The summed E-state index contributed by atoms with van der Waals surface area (Å²) in [4.78, 5) is 54.5. The zero-order valence-electron chi connectivity index (χ0n) is 35.9. The van der Waals surface area contributed by atoms with E-state index in [-0.39, 0.29) is 28.3 Å². The topological polar surface area (TPSA) is 141 Å². The zero-order valence-corrected chi connectivity index (χ0v) is 37.4. The van der Waals surface area contributed by atoms with Crippen LogP contribution in [0.15, 0.2) is 171 Å². The van der Waals surface area contributed by atoms with Crippen LogP contribution in [0.1, 0.15) is 29.3 Å². The first-order valence-electron chi connectivity index (χ1n) is 21.5. The minimum Gasteiger partial charge on any atom is -0.457 e. The van der Waals surface area contributed by atoms with Crippen LogP contribution in [0.3, 0.4) is 0 Å². The molecular formula is C51H45Cl2N7O6. The van der Waals surface area contributed by atoms with Crippen molar-refractivity contribution in [2.24, 2.45) is 0 Å². The Morgan fingerprint density at radius 2 is 1.36 bits per heavy atom. The summed E-state index contributed by atoms with van der Waals surface area (Å²) in [5.74, 6) is 1.40. The van der Waals surface area contributed by atoms with E-state index in [4.69, 9.17) is 32.7 Å². The fraction of sp³-hybridized carbons (Fsp3) is 0.176. The number of aromatic nitrogens is 6. The van der Waals surface area contributed by atoms with E-state index in [0.717, 1.165) is 30.8 Å². The molecule has 1 unspecified atom stereocenters. The molecule has 15 heteroatoms. The highest BCUT2D eigenvalue weighted by Gasteiger charge is 2.24. The van der Waals surface area contributed by atoms with E-state index in [1.54, 1.807) is 59.3 Å². The minimum atomic E-state index is -0.275. The summed E-state index contributed by atoms with van der Waals surface area (Å²) in [5, 5.41) is 7.94. The van der Waals surface area contributed by atoms with Gasteiger partial charge in [-0.15, -0.1) is 0 Å². The Kier molecular flexibility index (Phi) is 13.0. The van der Waals surface area contributed by atoms with Crippen molar-refractivity contribution in [1.29, 1.82) is 0 Å². The van der Waals surface area contributed by atoms with E-state index in [2.05, 4.69) is 27.2 Å². The van der Waals surface area contributed by atoms with Crippen LogP contribution in [0.5, 0.6) is 11.5 Å². The summed E-state index contributed by atoms with van der Waals surface area (Å²) in [6, 6.07) is 44.6. The number of hydrogen-bond acceptors (Lipinski definition) is 7. The molecule has 5 heterocycles. The van der Waals surface area contributed by atoms with Crippen LogP contribution in [0.25, 0.3) is 33.2 Å². The van der Waals surface area contributed by atoms with Gasteiger partial charge in [-0.1, -0.05) is 102 Å². The van der Waals surface area contributed by atoms with Gasteiger partial charge in [0.2, 0.25) is 0 Å². The molecule has 334 valence electrons. The number of rotatable bonds is 11. The summed E-state index contributed by atoms with van der Waals surface area (Å²) in [6.07, 6.45) is 2.33. The van der Waals surface area contributed by atoms with Crippen molar-refractivity contribution in [1.82, 2.24) is 33.6 Å². The molecule has 0 radical (unpaired) electrons. The second-order valence-electron chi connectivity index (χ2n) is 15.9. The van der Waals surface area contributed by atoms with Gasteiger partial charge in [0, 0.05) is 54.7 Å². The maximum atomic E-state index is 13.3. The number of para-hydroxylation sites is 2. The molecule has 0 spiro atoms. The normalized spacial score (nSPS) is 13.4. The highest BCUT2D eigenvalue weighted by Crippen LogP contribution is 2.27. The van der Waals surface area contributed by atoms with Crippen molar-refractivity contribution in [2.75, 3.05) is 26.3 Å². The van der Waals surface area contributed by atoms with Gasteiger partial charge in [0.05, 0.1) is 58.0 Å². The SMILES string of the molecule is Cc1c2c(=O)n(-c3cccc(Cl)c3)[nH]c2cc(=O)n1CCC(c1ccccc1)N1CCOCC1.O=c1cc2[nH]n(-c3ccccc3Cl)c(=O)c2cn1Cc1cccc(Oc2ccccc2)c1. The van der Waals surface area contributed by atoms with Gasteiger partial charge in [0.15, 0.2) is 0 Å². The number of aryl methyl sites for hydroxylation is 1. The number of H-pyrrole nitrogens is 2. The summed E-state index contributed by atoms with van der Waals surface area (Å²) >= 11 is 12.4. The molecule has 10 rings (SSSR count). The van der Waals surface area contributed by atoms with Gasteiger partial charge < -0.3 is 18.6 Å². The van der Waals surface area contributed by atoms with Crippen LogP contribution < -0.4 is 27.0 Å². The van der Waals surface area contributed by atoms with Gasteiger partial charge in [0.1, 0.15) is 11.5 Å². The Hall–Kier alpha value is -7.16. The standard InChI is InChI=1S/C26H27ClN4O3.C25H18ClN3O3/c1-18-25-22(28-31(26(25)33)21-9-5-8-20(27)16-21)17-24(32)30(18)11-10-23(19-6-3-2-4-7-19)29-12-14-34-15-13-29;26-21-11-4-5-12-23(21)29-25(31)20-16-28(24(30)14-22(20)27-29)15-17-7-6-10-19(13-17)32-18-8-2-1-3-9-18/h2-9,16-17,23,28H,10-15H2,1H3;1-14,16,27H,15H2. The fourth-order valence-electron chi connectivity index (χ4n) is 8.44. The molecule has 13 nitrogen and oxygen atoms in total. The van der Waals surface area contributed by atoms with Crippen molar-refractivity contribution in [3.63, 3.8) is 0 Å². The molecule has 5 aromatic carbocycles. The van der Waals surface area contributed by atoms with Crippen LogP contribution in [-0.4, -0.2) is 59.9 Å². The second kappa shape index (κ2) is 19.5. The first-order valence-corrected chi connectivity index (χ1v) is 22.3. The maximum Gasteiger partial charge on any atom is 0.280 e. The summed E-state index contributed by atoms with van der Waals surface area (Å²) < 4.78 is 17.4. The third-order valence-electron chi connectivity index (χ3n) is 11.7. The number of halogens is 2. The number of fused-ring (bicyclic) bond motifs is 2. The summed E-state index contributed by atoms with van der Waals surface area (Å²) in [6.45, 7) is 5.79. The van der Waals surface area contributed by atoms with E-state index < -0.39 is 0 Å². The van der Waals surface area contributed by atoms with Crippen LogP contribution in [0.2, 0.25) is 10.0 Å². The van der Waals surface area contributed by atoms with E-state index in [1.165, 1.54) is 31.6 Å². The number of aromatic amines is 2. The van der Waals surface area contributed by atoms with Gasteiger partial charge in [-0.05, 0) is 79.1 Å². The quantitative estimate of drug-likeness (QED) is 0.132. The van der Waals surface area contributed by atoms with E-state index in [0.29, 0.717) is 81.0 Å². The Bertz CT molecular complexity index is 3400. The van der Waals surface area contributed by atoms with Gasteiger partial charge in [0.25, 0.3) is 22.2 Å². The number of pyridine rings is 2. The smallest absolute Gasteiger partial charge is 0.280 e. The highest BCUT2D eigenvalue weighted by molar-refractivity contribution is 6.32. The average molecular weight is 923 g/mol. The Labute approximate surface area is 388 Å². The second-order valence-corrected chi connectivity index (χ2v) is 16.8. The lowest BCUT2D eigenvalue weighted by Crippen LogP contribution is -2.39. The van der Waals surface area contributed by atoms with Crippen molar-refractivity contribution < 1.29 is 9.47 Å². The Balaban J connectivity index is 0.000000166. The van der Waals surface area contributed by atoms with Gasteiger partial charge in [-0.3, -0.25) is 34.3 Å².